The highest BCUT2D eigenvalue weighted by atomic mass is 16.6. The summed E-state index contributed by atoms with van der Waals surface area (Å²) in [4.78, 5) is 0. The highest BCUT2D eigenvalue weighted by molar-refractivity contribution is 5.19. The van der Waals surface area contributed by atoms with Gasteiger partial charge in [0.25, 0.3) is 0 Å². The van der Waals surface area contributed by atoms with Crippen molar-refractivity contribution in [1.29, 1.82) is 0 Å². The zero-order chi connectivity index (χ0) is 7.86. The molecule has 3 spiro atoms. The maximum atomic E-state index is 5.53. The first-order chi connectivity index (χ1) is 5.74. The van der Waals surface area contributed by atoms with Gasteiger partial charge >= 0.3 is 0 Å². The van der Waals surface area contributed by atoms with Gasteiger partial charge < -0.3 is 14.2 Å². The quantitative estimate of drug-likeness (QED) is 0.494. The van der Waals surface area contributed by atoms with Gasteiger partial charge in [0, 0.05) is 19.3 Å². The topological polar surface area (TPSA) is 37.6 Å². The van der Waals surface area contributed by atoms with E-state index >= 15 is 0 Å². The van der Waals surface area contributed by atoms with E-state index in [1.54, 1.807) is 0 Å². The van der Waals surface area contributed by atoms with E-state index in [-0.39, 0.29) is 16.8 Å². The van der Waals surface area contributed by atoms with Gasteiger partial charge in [0.05, 0.1) is 36.6 Å². The van der Waals surface area contributed by atoms with Gasteiger partial charge in [-0.2, -0.15) is 0 Å². The fourth-order valence-electron chi connectivity index (χ4n) is 2.87. The number of ether oxygens (including phenoxy) is 3. The first-order valence-corrected chi connectivity index (χ1v) is 4.66. The fourth-order valence-corrected chi connectivity index (χ4v) is 2.87. The molecule has 66 valence electrons. The van der Waals surface area contributed by atoms with Crippen molar-refractivity contribution in [3.8, 4) is 0 Å². The molecule has 0 unspecified atom stereocenters. The summed E-state index contributed by atoms with van der Waals surface area (Å²) in [6.07, 6.45) is 3.35. The van der Waals surface area contributed by atoms with Crippen molar-refractivity contribution >= 4 is 0 Å². The minimum atomic E-state index is 0.172. The van der Waals surface area contributed by atoms with Crippen LogP contribution in [0.25, 0.3) is 0 Å². The molecule has 0 aromatic rings. The molecule has 4 aliphatic rings. The second-order valence-corrected chi connectivity index (χ2v) is 4.95. The minimum absolute atomic E-state index is 0.172. The molecule has 0 aromatic carbocycles. The molecule has 0 bridgehead atoms. The van der Waals surface area contributed by atoms with Crippen molar-refractivity contribution in [2.45, 2.75) is 36.1 Å². The molecular formula is C9H12O3. The van der Waals surface area contributed by atoms with E-state index in [4.69, 9.17) is 14.2 Å². The predicted molar refractivity (Wildman–Crippen MR) is 39.9 cm³/mol. The lowest BCUT2D eigenvalue weighted by Gasteiger charge is -2.29. The van der Waals surface area contributed by atoms with Crippen molar-refractivity contribution in [2.24, 2.45) is 0 Å². The number of epoxide rings is 3. The average Bonchev–Trinajstić information content (AvgIpc) is 2.87. The van der Waals surface area contributed by atoms with Gasteiger partial charge in [0.2, 0.25) is 0 Å². The fraction of sp³-hybridized carbons (Fsp3) is 1.00. The largest absolute Gasteiger partial charge is 0.369 e. The molecule has 0 atom stereocenters. The molecule has 3 aliphatic heterocycles. The van der Waals surface area contributed by atoms with E-state index in [9.17, 15) is 0 Å². The Morgan fingerprint density at radius 1 is 0.583 bits per heavy atom. The molecule has 4 fully saturated rings. The first-order valence-electron chi connectivity index (χ1n) is 4.66. The molecule has 1 aliphatic carbocycles. The standard InChI is InChI=1S/C9H12O3/c1-7(4-10-7)2-9(6-12-9)3-8(1)5-11-8/h1-6H2. The van der Waals surface area contributed by atoms with Crippen LogP contribution < -0.4 is 0 Å². The predicted octanol–water partition coefficient (Wildman–Crippen LogP) is 0.477. The number of rotatable bonds is 0. The molecule has 12 heavy (non-hydrogen) atoms. The third kappa shape index (κ3) is 0.721. The van der Waals surface area contributed by atoms with E-state index in [2.05, 4.69) is 0 Å². The second kappa shape index (κ2) is 1.47. The van der Waals surface area contributed by atoms with Gasteiger partial charge in [-0.1, -0.05) is 0 Å². The lowest BCUT2D eigenvalue weighted by molar-refractivity contribution is 0.0837. The summed E-state index contributed by atoms with van der Waals surface area (Å²) in [6.45, 7) is 2.80. The van der Waals surface area contributed by atoms with E-state index < -0.39 is 0 Å². The zero-order valence-electron chi connectivity index (χ0n) is 6.97. The highest BCUT2D eigenvalue weighted by Gasteiger charge is 2.70. The Morgan fingerprint density at radius 3 is 1.00 bits per heavy atom. The molecule has 0 radical (unpaired) electrons. The van der Waals surface area contributed by atoms with Gasteiger partial charge in [-0.3, -0.25) is 0 Å². The zero-order valence-corrected chi connectivity index (χ0v) is 6.97. The SMILES string of the molecule is C1OC12CC1(CO1)CC1(CO1)C2. The van der Waals surface area contributed by atoms with Gasteiger partial charge in [-0.25, -0.2) is 0 Å². The molecule has 0 amide bonds. The molecular weight excluding hydrogens is 156 g/mol. The van der Waals surface area contributed by atoms with Crippen LogP contribution in [-0.2, 0) is 14.2 Å². The first kappa shape index (κ1) is 6.35. The Bertz CT molecular complexity index is 194. The van der Waals surface area contributed by atoms with Gasteiger partial charge in [0.15, 0.2) is 0 Å². The molecule has 3 saturated heterocycles. The second-order valence-electron chi connectivity index (χ2n) is 4.95. The molecule has 0 N–H and O–H groups in total. The third-order valence-electron chi connectivity index (χ3n) is 3.59. The third-order valence-corrected chi connectivity index (χ3v) is 3.59. The Balaban J connectivity index is 1.70. The number of hydrogen-bond donors (Lipinski definition) is 0. The normalized spacial score (nSPS) is 66.0. The Hall–Kier alpha value is -0.120. The summed E-state index contributed by atoms with van der Waals surface area (Å²) in [6, 6.07) is 0. The molecule has 3 nitrogen and oxygen atoms in total. The van der Waals surface area contributed by atoms with Crippen LogP contribution in [0.1, 0.15) is 19.3 Å². The van der Waals surface area contributed by atoms with Crippen LogP contribution in [0.3, 0.4) is 0 Å². The highest BCUT2D eigenvalue weighted by Crippen LogP contribution is 2.60. The summed E-state index contributed by atoms with van der Waals surface area (Å²) in [5.41, 5.74) is 0.516. The van der Waals surface area contributed by atoms with E-state index in [1.807, 2.05) is 0 Å². The lowest BCUT2D eigenvalue weighted by atomic mass is 9.75. The minimum Gasteiger partial charge on any atom is -0.369 e. The molecule has 4 rings (SSSR count). The van der Waals surface area contributed by atoms with Crippen LogP contribution in [0.5, 0.6) is 0 Å². The van der Waals surface area contributed by atoms with Crippen molar-refractivity contribution < 1.29 is 14.2 Å². The van der Waals surface area contributed by atoms with Crippen molar-refractivity contribution in [1.82, 2.24) is 0 Å². The van der Waals surface area contributed by atoms with E-state index in [0.717, 1.165) is 39.1 Å². The monoisotopic (exact) mass is 168 g/mol. The molecule has 0 aromatic heterocycles. The van der Waals surface area contributed by atoms with Gasteiger partial charge in [-0.15, -0.1) is 0 Å². The Morgan fingerprint density at radius 2 is 0.833 bits per heavy atom. The number of hydrogen-bond acceptors (Lipinski definition) is 3. The van der Waals surface area contributed by atoms with Crippen molar-refractivity contribution in [2.75, 3.05) is 19.8 Å². The molecule has 3 heterocycles. The summed E-state index contributed by atoms with van der Waals surface area (Å²) in [5.74, 6) is 0. The van der Waals surface area contributed by atoms with Gasteiger partial charge in [0.1, 0.15) is 0 Å². The smallest absolute Gasteiger partial charge is 0.0973 e. The van der Waals surface area contributed by atoms with Crippen molar-refractivity contribution in [3.63, 3.8) is 0 Å². The van der Waals surface area contributed by atoms with Gasteiger partial charge in [-0.05, 0) is 0 Å². The van der Waals surface area contributed by atoms with Crippen LogP contribution in [-0.4, -0.2) is 36.6 Å². The van der Waals surface area contributed by atoms with E-state index in [0.29, 0.717) is 0 Å². The summed E-state index contributed by atoms with van der Waals surface area (Å²) < 4.78 is 16.6. The average molecular weight is 168 g/mol. The summed E-state index contributed by atoms with van der Waals surface area (Å²) >= 11 is 0. The van der Waals surface area contributed by atoms with Crippen LogP contribution >= 0.6 is 0 Å². The van der Waals surface area contributed by atoms with Crippen molar-refractivity contribution in [3.05, 3.63) is 0 Å². The molecule has 3 heteroatoms. The Labute approximate surface area is 71.0 Å². The lowest BCUT2D eigenvalue weighted by Crippen LogP contribution is -2.39. The maximum Gasteiger partial charge on any atom is 0.0973 e. The van der Waals surface area contributed by atoms with Crippen LogP contribution in [0.15, 0.2) is 0 Å². The maximum absolute atomic E-state index is 5.53. The molecule has 1 saturated carbocycles. The van der Waals surface area contributed by atoms with Crippen LogP contribution in [0.4, 0.5) is 0 Å². The van der Waals surface area contributed by atoms with E-state index in [1.165, 1.54) is 0 Å². The summed E-state index contributed by atoms with van der Waals surface area (Å²) in [7, 11) is 0. The van der Waals surface area contributed by atoms with Crippen LogP contribution in [0, 0.1) is 0 Å². The summed E-state index contributed by atoms with van der Waals surface area (Å²) in [5, 5.41) is 0. The van der Waals surface area contributed by atoms with Crippen LogP contribution in [0.2, 0.25) is 0 Å². The Kier molecular flexibility index (Phi) is 0.778.